The number of hydrogen-bond acceptors (Lipinski definition) is 2. The molecule has 2 nitrogen and oxygen atoms in total. The van der Waals surface area contributed by atoms with Crippen LogP contribution in [0, 0.1) is 0 Å². The van der Waals surface area contributed by atoms with Gasteiger partial charge in [0, 0.05) is 19.8 Å². The van der Waals surface area contributed by atoms with Gasteiger partial charge in [-0.15, -0.1) is 0 Å². The molecule has 1 rings (SSSR count). The zero-order chi connectivity index (χ0) is 10.6. The highest BCUT2D eigenvalue weighted by Gasteiger charge is 2.00. The summed E-state index contributed by atoms with van der Waals surface area (Å²) in [5, 5.41) is 9.18. The van der Waals surface area contributed by atoms with Crippen molar-refractivity contribution in [1.29, 1.82) is 0 Å². The van der Waals surface area contributed by atoms with Gasteiger partial charge in [-0.3, -0.25) is 0 Å². The molecule has 1 atom stereocenters. The highest BCUT2D eigenvalue weighted by atomic mass is 16.3. The Hall–Kier alpha value is -1.02. The Balaban J connectivity index is 2.64. The number of rotatable bonds is 4. The molecule has 0 radical (unpaired) electrons. The molecule has 0 amide bonds. The van der Waals surface area contributed by atoms with E-state index < -0.39 is 0 Å². The normalized spacial score (nSPS) is 12.6. The van der Waals surface area contributed by atoms with Gasteiger partial charge < -0.3 is 10.0 Å². The van der Waals surface area contributed by atoms with Crippen LogP contribution in [-0.2, 0) is 6.42 Å². The van der Waals surface area contributed by atoms with Gasteiger partial charge in [-0.2, -0.15) is 0 Å². The lowest BCUT2D eigenvalue weighted by Crippen LogP contribution is -2.09. The zero-order valence-corrected chi connectivity index (χ0v) is 9.20. The van der Waals surface area contributed by atoms with Crippen molar-refractivity contribution in [2.45, 2.75) is 25.9 Å². The van der Waals surface area contributed by atoms with Crippen LogP contribution in [0.25, 0.3) is 0 Å². The molecule has 1 aromatic rings. The van der Waals surface area contributed by atoms with Crippen LogP contribution >= 0.6 is 0 Å². The zero-order valence-electron chi connectivity index (χ0n) is 9.20. The molecule has 0 saturated heterocycles. The summed E-state index contributed by atoms with van der Waals surface area (Å²) in [6.07, 6.45) is 1.56. The molecule has 0 aliphatic rings. The van der Waals surface area contributed by atoms with Crippen LogP contribution in [-0.4, -0.2) is 25.3 Å². The van der Waals surface area contributed by atoms with E-state index in [1.54, 1.807) is 0 Å². The van der Waals surface area contributed by atoms with Crippen molar-refractivity contribution in [1.82, 2.24) is 0 Å². The van der Waals surface area contributed by atoms with Crippen LogP contribution in [0.4, 0.5) is 5.69 Å². The maximum atomic E-state index is 9.18. The summed E-state index contributed by atoms with van der Waals surface area (Å²) in [6.45, 7) is 1.83. The predicted octanol–water partition coefficient (Wildman–Crippen LogP) is 2.07. The predicted molar refractivity (Wildman–Crippen MR) is 60.8 cm³/mol. The van der Waals surface area contributed by atoms with Gasteiger partial charge in [0.1, 0.15) is 0 Å². The second-order valence-corrected chi connectivity index (χ2v) is 3.95. The van der Waals surface area contributed by atoms with Crippen molar-refractivity contribution >= 4 is 5.69 Å². The molecule has 1 N–H and O–H groups in total. The van der Waals surface area contributed by atoms with E-state index >= 15 is 0 Å². The van der Waals surface area contributed by atoms with E-state index in [1.165, 1.54) is 11.3 Å². The first kappa shape index (κ1) is 11.1. The fraction of sp³-hybridized carbons (Fsp3) is 0.500. The van der Waals surface area contributed by atoms with Crippen LogP contribution in [0.3, 0.4) is 0 Å². The van der Waals surface area contributed by atoms with Gasteiger partial charge in [0.25, 0.3) is 0 Å². The van der Waals surface area contributed by atoms with Crippen molar-refractivity contribution in [3.8, 4) is 0 Å². The molecule has 0 aliphatic heterocycles. The van der Waals surface area contributed by atoms with Crippen molar-refractivity contribution in [2.24, 2.45) is 0 Å². The highest BCUT2D eigenvalue weighted by Crippen LogP contribution is 2.15. The second kappa shape index (κ2) is 5.01. The second-order valence-electron chi connectivity index (χ2n) is 3.95. The van der Waals surface area contributed by atoms with E-state index in [0.29, 0.717) is 0 Å². The molecular formula is C12H19NO. The fourth-order valence-corrected chi connectivity index (χ4v) is 1.37. The average molecular weight is 193 g/mol. The van der Waals surface area contributed by atoms with Gasteiger partial charge in [-0.25, -0.2) is 0 Å². The Morgan fingerprint density at radius 2 is 2.07 bits per heavy atom. The van der Waals surface area contributed by atoms with E-state index in [0.717, 1.165) is 12.8 Å². The molecule has 0 bridgehead atoms. The van der Waals surface area contributed by atoms with Crippen molar-refractivity contribution in [2.75, 3.05) is 19.0 Å². The summed E-state index contributed by atoms with van der Waals surface area (Å²) < 4.78 is 0. The third kappa shape index (κ3) is 3.38. The van der Waals surface area contributed by atoms with Crippen molar-refractivity contribution in [3.05, 3.63) is 29.8 Å². The van der Waals surface area contributed by atoms with Crippen LogP contribution in [0.2, 0.25) is 0 Å². The van der Waals surface area contributed by atoms with Crippen molar-refractivity contribution < 1.29 is 5.11 Å². The minimum Gasteiger partial charge on any atom is -0.393 e. The molecule has 0 fully saturated rings. The lowest BCUT2D eigenvalue weighted by atomic mass is 10.1. The van der Waals surface area contributed by atoms with Gasteiger partial charge in [-0.1, -0.05) is 12.1 Å². The Bertz CT molecular complexity index is 281. The molecule has 1 aromatic carbocycles. The molecule has 0 spiro atoms. The third-order valence-electron chi connectivity index (χ3n) is 2.28. The number of aliphatic hydroxyl groups excluding tert-OH is 1. The lowest BCUT2D eigenvalue weighted by Gasteiger charge is -2.13. The number of anilines is 1. The molecule has 0 aliphatic carbocycles. The van der Waals surface area contributed by atoms with E-state index in [4.69, 9.17) is 0 Å². The molecule has 0 unspecified atom stereocenters. The molecule has 0 heterocycles. The maximum Gasteiger partial charge on any atom is 0.0515 e. The molecule has 0 aromatic heterocycles. The van der Waals surface area contributed by atoms with Gasteiger partial charge in [0.2, 0.25) is 0 Å². The maximum absolute atomic E-state index is 9.18. The SMILES string of the molecule is C[C@@H](O)CCc1cccc(N(C)C)c1. The molecule has 78 valence electrons. The first-order valence-corrected chi connectivity index (χ1v) is 5.04. The standard InChI is InChI=1S/C12H19NO/c1-10(14)7-8-11-5-4-6-12(9-11)13(2)3/h4-6,9-10,14H,7-8H2,1-3H3/t10-/m1/s1. The van der Waals surface area contributed by atoms with E-state index in [9.17, 15) is 5.11 Å². The summed E-state index contributed by atoms with van der Waals surface area (Å²) in [6, 6.07) is 8.43. The van der Waals surface area contributed by atoms with E-state index in [-0.39, 0.29) is 6.10 Å². The van der Waals surface area contributed by atoms with Gasteiger partial charge in [-0.05, 0) is 37.5 Å². The monoisotopic (exact) mass is 193 g/mol. The van der Waals surface area contributed by atoms with Crippen LogP contribution in [0.1, 0.15) is 18.9 Å². The average Bonchev–Trinajstić information content (AvgIpc) is 2.15. The summed E-state index contributed by atoms with van der Waals surface area (Å²) in [5.74, 6) is 0. The minimum absolute atomic E-state index is 0.210. The molecule has 2 heteroatoms. The molecule has 0 saturated carbocycles. The van der Waals surface area contributed by atoms with Gasteiger partial charge in [0.05, 0.1) is 6.10 Å². The van der Waals surface area contributed by atoms with Gasteiger partial charge in [0.15, 0.2) is 0 Å². The number of aliphatic hydroxyl groups is 1. The van der Waals surface area contributed by atoms with Crippen LogP contribution in [0.15, 0.2) is 24.3 Å². The van der Waals surface area contributed by atoms with E-state index in [1.807, 2.05) is 21.0 Å². The van der Waals surface area contributed by atoms with E-state index in [2.05, 4.69) is 29.2 Å². The quantitative estimate of drug-likeness (QED) is 0.791. The minimum atomic E-state index is -0.210. The summed E-state index contributed by atoms with van der Waals surface area (Å²) >= 11 is 0. The Labute approximate surface area is 86.2 Å². The highest BCUT2D eigenvalue weighted by molar-refractivity contribution is 5.47. The number of aryl methyl sites for hydroxylation is 1. The lowest BCUT2D eigenvalue weighted by molar-refractivity contribution is 0.185. The number of benzene rings is 1. The number of hydrogen-bond donors (Lipinski definition) is 1. The largest absolute Gasteiger partial charge is 0.393 e. The smallest absolute Gasteiger partial charge is 0.0515 e. The summed E-state index contributed by atoms with van der Waals surface area (Å²) in [5.41, 5.74) is 2.50. The fourth-order valence-electron chi connectivity index (χ4n) is 1.37. The first-order valence-electron chi connectivity index (χ1n) is 5.04. The van der Waals surface area contributed by atoms with Crippen LogP contribution in [0.5, 0.6) is 0 Å². The Kier molecular flexibility index (Phi) is 3.96. The molecular weight excluding hydrogens is 174 g/mol. The summed E-state index contributed by atoms with van der Waals surface area (Å²) in [4.78, 5) is 2.09. The third-order valence-corrected chi connectivity index (χ3v) is 2.28. The topological polar surface area (TPSA) is 23.5 Å². The molecule has 14 heavy (non-hydrogen) atoms. The van der Waals surface area contributed by atoms with Gasteiger partial charge >= 0.3 is 0 Å². The van der Waals surface area contributed by atoms with Crippen molar-refractivity contribution in [3.63, 3.8) is 0 Å². The Morgan fingerprint density at radius 1 is 1.36 bits per heavy atom. The van der Waals surface area contributed by atoms with Crippen LogP contribution < -0.4 is 4.90 Å². The first-order chi connectivity index (χ1) is 6.59. The Morgan fingerprint density at radius 3 is 2.64 bits per heavy atom. The summed E-state index contributed by atoms with van der Waals surface area (Å²) in [7, 11) is 4.07. The number of nitrogens with zero attached hydrogens (tertiary/aromatic N) is 1.